The van der Waals surface area contributed by atoms with E-state index in [1.165, 1.54) is 0 Å². The molecular weight excluding hydrogens is 220 g/mol. The van der Waals surface area contributed by atoms with Gasteiger partial charge in [0.1, 0.15) is 6.29 Å². The fraction of sp³-hybridized carbons (Fsp3) is 0. The Morgan fingerprint density at radius 3 is 2.17 bits per heavy atom. The van der Waals surface area contributed by atoms with Gasteiger partial charge in [0.2, 0.25) is 0 Å². The third-order valence-electron chi connectivity index (χ3n) is 2.92. The first-order chi connectivity index (χ1) is 8.80. The van der Waals surface area contributed by atoms with E-state index in [-0.39, 0.29) is 0 Å². The quantitative estimate of drug-likeness (QED) is 0.714. The summed E-state index contributed by atoms with van der Waals surface area (Å²) in [5.41, 5.74) is 4.96. The molecule has 0 aliphatic heterocycles. The zero-order valence-electron chi connectivity index (χ0n) is 10.1. The summed E-state index contributed by atoms with van der Waals surface area (Å²) in [6.07, 6.45) is 4.50. The largest absolute Gasteiger partial charge is 0.298 e. The molecule has 0 amide bonds. The molecule has 2 aromatic rings. The number of carbonyl (C=O) groups is 1. The van der Waals surface area contributed by atoms with Gasteiger partial charge in [-0.1, -0.05) is 67.8 Å². The third-order valence-corrected chi connectivity index (χ3v) is 2.92. The summed E-state index contributed by atoms with van der Waals surface area (Å²) in [5.74, 6) is 0. The van der Waals surface area contributed by atoms with Crippen LogP contribution >= 0.6 is 0 Å². The van der Waals surface area contributed by atoms with Crippen LogP contribution in [-0.2, 0) is 0 Å². The van der Waals surface area contributed by atoms with Crippen LogP contribution in [0.3, 0.4) is 0 Å². The number of benzene rings is 2. The van der Waals surface area contributed by atoms with Crippen LogP contribution in [0.5, 0.6) is 0 Å². The lowest BCUT2D eigenvalue weighted by molar-refractivity contribution is 0.112. The molecule has 0 bridgehead atoms. The van der Waals surface area contributed by atoms with Crippen LogP contribution in [0.2, 0.25) is 0 Å². The Bertz CT molecular complexity index is 592. The highest BCUT2D eigenvalue weighted by Gasteiger charge is 2.05. The molecule has 2 aromatic carbocycles. The Morgan fingerprint density at radius 2 is 1.61 bits per heavy atom. The number of aldehydes is 1. The van der Waals surface area contributed by atoms with E-state index in [4.69, 9.17) is 0 Å². The molecule has 2 rings (SSSR count). The van der Waals surface area contributed by atoms with E-state index in [1.807, 2.05) is 54.6 Å². The van der Waals surface area contributed by atoms with Gasteiger partial charge < -0.3 is 0 Å². The van der Waals surface area contributed by atoms with Gasteiger partial charge in [-0.3, -0.25) is 4.79 Å². The zero-order valence-corrected chi connectivity index (χ0v) is 10.1. The summed E-state index contributed by atoms with van der Waals surface area (Å²) in [5, 5.41) is 0. The smallest absolute Gasteiger partial charge is 0.150 e. The van der Waals surface area contributed by atoms with Crippen molar-refractivity contribution >= 4 is 18.4 Å². The molecule has 0 aromatic heterocycles. The molecule has 0 unspecified atom stereocenters. The highest BCUT2D eigenvalue weighted by atomic mass is 16.1. The minimum Gasteiger partial charge on any atom is -0.298 e. The van der Waals surface area contributed by atoms with Crippen molar-refractivity contribution in [3.63, 3.8) is 0 Å². The third kappa shape index (κ3) is 2.16. The number of hydrogen-bond donors (Lipinski definition) is 0. The lowest BCUT2D eigenvalue weighted by atomic mass is 9.95. The first-order valence-corrected chi connectivity index (χ1v) is 5.73. The van der Waals surface area contributed by atoms with E-state index in [0.29, 0.717) is 5.56 Å². The van der Waals surface area contributed by atoms with Crippen molar-refractivity contribution in [1.82, 2.24) is 0 Å². The monoisotopic (exact) mass is 234 g/mol. The first kappa shape index (κ1) is 12.1. The van der Waals surface area contributed by atoms with E-state index < -0.39 is 0 Å². The van der Waals surface area contributed by atoms with E-state index >= 15 is 0 Å². The molecule has 0 saturated carbocycles. The maximum atomic E-state index is 10.6. The lowest BCUT2D eigenvalue weighted by Gasteiger charge is -2.09. The molecule has 0 aliphatic rings. The Labute approximate surface area is 107 Å². The second-order valence-electron chi connectivity index (χ2n) is 3.96. The average Bonchev–Trinajstić information content (AvgIpc) is 2.46. The van der Waals surface area contributed by atoms with Crippen LogP contribution in [-0.4, -0.2) is 6.29 Å². The van der Waals surface area contributed by atoms with Crippen LogP contribution in [0, 0.1) is 0 Å². The first-order valence-electron chi connectivity index (χ1n) is 5.73. The molecule has 18 heavy (non-hydrogen) atoms. The SMILES string of the molecule is C=Cc1cccc(-c2ccc(C=O)cc2)c1C=C. The Morgan fingerprint density at radius 1 is 0.889 bits per heavy atom. The van der Waals surface area contributed by atoms with Gasteiger partial charge in [-0.05, 0) is 22.3 Å². The second kappa shape index (κ2) is 5.28. The Balaban J connectivity index is 2.58. The summed E-state index contributed by atoms with van der Waals surface area (Å²) < 4.78 is 0. The van der Waals surface area contributed by atoms with Crippen LogP contribution in [0.15, 0.2) is 55.6 Å². The van der Waals surface area contributed by atoms with Crippen molar-refractivity contribution < 1.29 is 4.79 Å². The molecule has 1 heteroatoms. The normalized spacial score (nSPS) is 9.78. The molecule has 0 radical (unpaired) electrons. The highest BCUT2D eigenvalue weighted by Crippen LogP contribution is 2.28. The van der Waals surface area contributed by atoms with E-state index in [2.05, 4.69) is 13.2 Å². The molecule has 0 spiro atoms. The van der Waals surface area contributed by atoms with Crippen LogP contribution in [0.4, 0.5) is 0 Å². The van der Waals surface area contributed by atoms with E-state index in [0.717, 1.165) is 28.5 Å². The summed E-state index contributed by atoms with van der Waals surface area (Å²) in [6.45, 7) is 7.66. The minimum atomic E-state index is 0.679. The maximum absolute atomic E-state index is 10.6. The van der Waals surface area contributed by atoms with Crippen molar-refractivity contribution in [2.24, 2.45) is 0 Å². The van der Waals surface area contributed by atoms with E-state index in [1.54, 1.807) is 0 Å². The van der Waals surface area contributed by atoms with Gasteiger partial charge >= 0.3 is 0 Å². The molecule has 88 valence electrons. The van der Waals surface area contributed by atoms with Crippen molar-refractivity contribution in [3.8, 4) is 11.1 Å². The van der Waals surface area contributed by atoms with Gasteiger partial charge in [0.15, 0.2) is 0 Å². The minimum absolute atomic E-state index is 0.679. The summed E-state index contributed by atoms with van der Waals surface area (Å²) in [6, 6.07) is 13.6. The van der Waals surface area contributed by atoms with Crippen molar-refractivity contribution in [1.29, 1.82) is 0 Å². The van der Waals surface area contributed by atoms with Gasteiger partial charge in [0.25, 0.3) is 0 Å². The van der Waals surface area contributed by atoms with Crippen LogP contribution in [0.25, 0.3) is 23.3 Å². The highest BCUT2D eigenvalue weighted by molar-refractivity contribution is 5.82. The van der Waals surface area contributed by atoms with Gasteiger partial charge in [-0.2, -0.15) is 0 Å². The van der Waals surface area contributed by atoms with Crippen LogP contribution in [0.1, 0.15) is 21.5 Å². The van der Waals surface area contributed by atoms with Gasteiger partial charge in [-0.15, -0.1) is 0 Å². The molecule has 0 saturated heterocycles. The van der Waals surface area contributed by atoms with Gasteiger partial charge in [-0.25, -0.2) is 0 Å². The Hall–Kier alpha value is -2.41. The predicted molar refractivity (Wildman–Crippen MR) is 77.4 cm³/mol. The van der Waals surface area contributed by atoms with Gasteiger partial charge in [0.05, 0.1) is 0 Å². The fourth-order valence-corrected chi connectivity index (χ4v) is 1.98. The molecule has 0 aliphatic carbocycles. The predicted octanol–water partition coefficient (Wildman–Crippen LogP) is 4.45. The van der Waals surface area contributed by atoms with Gasteiger partial charge in [0, 0.05) is 5.56 Å². The number of rotatable bonds is 4. The molecule has 1 nitrogen and oxygen atoms in total. The molecule has 0 heterocycles. The lowest BCUT2D eigenvalue weighted by Crippen LogP contribution is -1.88. The molecule has 0 atom stereocenters. The number of hydrogen-bond acceptors (Lipinski definition) is 1. The standard InChI is InChI=1S/C17H14O/c1-3-14-6-5-7-17(16(14)4-2)15-10-8-13(12-18)9-11-15/h3-12H,1-2H2. The Kier molecular flexibility index (Phi) is 3.54. The summed E-state index contributed by atoms with van der Waals surface area (Å²) in [4.78, 5) is 10.6. The molecular formula is C17H14O. The summed E-state index contributed by atoms with van der Waals surface area (Å²) in [7, 11) is 0. The summed E-state index contributed by atoms with van der Waals surface area (Å²) >= 11 is 0. The van der Waals surface area contributed by atoms with Crippen molar-refractivity contribution in [2.75, 3.05) is 0 Å². The fourth-order valence-electron chi connectivity index (χ4n) is 1.98. The average molecular weight is 234 g/mol. The zero-order chi connectivity index (χ0) is 13.0. The topological polar surface area (TPSA) is 17.1 Å². The number of carbonyl (C=O) groups excluding carboxylic acids is 1. The van der Waals surface area contributed by atoms with E-state index in [9.17, 15) is 4.79 Å². The maximum Gasteiger partial charge on any atom is 0.150 e. The molecule has 0 N–H and O–H groups in total. The van der Waals surface area contributed by atoms with Crippen molar-refractivity contribution in [2.45, 2.75) is 0 Å². The van der Waals surface area contributed by atoms with Crippen molar-refractivity contribution in [3.05, 3.63) is 72.3 Å². The van der Waals surface area contributed by atoms with Crippen LogP contribution < -0.4 is 0 Å². The molecule has 0 fully saturated rings. The second-order valence-corrected chi connectivity index (χ2v) is 3.96.